The third-order valence-electron chi connectivity index (χ3n) is 2.25. The molecule has 0 saturated heterocycles. The van der Waals surface area contributed by atoms with Crippen molar-refractivity contribution in [2.75, 3.05) is 13.1 Å². The van der Waals surface area contributed by atoms with Crippen LogP contribution in [0.2, 0.25) is 0 Å². The minimum Gasteiger partial charge on any atom is -0.356 e. The number of amides is 1. The Balaban J connectivity index is 2.10. The van der Waals surface area contributed by atoms with Gasteiger partial charge in [0.15, 0.2) is 5.82 Å². The Hall–Kier alpha value is -1.43. The van der Waals surface area contributed by atoms with Gasteiger partial charge in [-0.2, -0.15) is 4.98 Å². The van der Waals surface area contributed by atoms with Crippen molar-refractivity contribution in [3.63, 3.8) is 0 Å². The van der Waals surface area contributed by atoms with Crippen LogP contribution in [0.3, 0.4) is 0 Å². The smallest absolute Gasteiger partial charge is 0.223 e. The van der Waals surface area contributed by atoms with E-state index >= 15 is 0 Å². The molecule has 0 fully saturated rings. The van der Waals surface area contributed by atoms with E-state index in [0.717, 1.165) is 0 Å². The number of carbonyl (C=O) groups is 1. The van der Waals surface area contributed by atoms with E-state index < -0.39 is 0 Å². The number of hydrogen-bond acceptors (Lipinski definition) is 5. The Bertz CT molecular complexity index is 382. The Kier molecular flexibility index (Phi) is 5.27. The van der Waals surface area contributed by atoms with E-state index in [0.29, 0.717) is 37.6 Å². The van der Waals surface area contributed by atoms with Crippen LogP contribution in [0, 0.1) is 6.92 Å². The van der Waals surface area contributed by atoms with Gasteiger partial charge in [-0.3, -0.25) is 4.79 Å². The summed E-state index contributed by atoms with van der Waals surface area (Å²) >= 11 is 0. The first kappa shape index (κ1) is 14.6. The highest BCUT2D eigenvalue weighted by atomic mass is 16.5. The van der Waals surface area contributed by atoms with E-state index in [4.69, 9.17) is 4.52 Å². The van der Waals surface area contributed by atoms with Crippen LogP contribution >= 0.6 is 0 Å². The van der Waals surface area contributed by atoms with Gasteiger partial charge in [-0.25, -0.2) is 0 Å². The molecular formula is C12H22N4O2. The number of carbonyl (C=O) groups excluding carboxylic acids is 1. The summed E-state index contributed by atoms with van der Waals surface area (Å²) in [5.74, 6) is 1.21. The summed E-state index contributed by atoms with van der Waals surface area (Å²) in [6.07, 6.45) is 1.07. The van der Waals surface area contributed by atoms with Crippen LogP contribution < -0.4 is 10.6 Å². The fraction of sp³-hybridized carbons (Fsp3) is 0.750. The molecule has 0 aliphatic heterocycles. The molecule has 2 N–H and O–H groups in total. The first-order chi connectivity index (χ1) is 8.37. The van der Waals surface area contributed by atoms with Crippen LogP contribution in [-0.2, 0) is 11.2 Å². The zero-order valence-electron chi connectivity index (χ0n) is 11.5. The van der Waals surface area contributed by atoms with E-state index in [2.05, 4.69) is 41.5 Å². The predicted molar refractivity (Wildman–Crippen MR) is 68.1 cm³/mol. The Morgan fingerprint density at radius 1 is 1.33 bits per heavy atom. The molecule has 0 aliphatic carbocycles. The van der Waals surface area contributed by atoms with Crippen LogP contribution in [0.5, 0.6) is 0 Å². The minimum absolute atomic E-state index is 0.0342. The molecule has 1 rings (SSSR count). The van der Waals surface area contributed by atoms with Crippen LogP contribution in [-0.4, -0.2) is 34.7 Å². The van der Waals surface area contributed by atoms with Crippen LogP contribution in [0.1, 0.15) is 38.9 Å². The van der Waals surface area contributed by atoms with E-state index in [1.165, 1.54) is 0 Å². The van der Waals surface area contributed by atoms with Gasteiger partial charge in [-0.15, -0.1) is 0 Å². The molecule has 0 spiro atoms. The number of nitrogens with zero attached hydrogens (tertiary/aromatic N) is 2. The molecule has 0 bridgehead atoms. The number of aryl methyl sites for hydroxylation is 1. The topological polar surface area (TPSA) is 80.0 Å². The van der Waals surface area contributed by atoms with Gasteiger partial charge in [-0.05, 0) is 20.8 Å². The number of aromatic nitrogens is 2. The molecule has 0 radical (unpaired) electrons. The lowest BCUT2D eigenvalue weighted by Crippen LogP contribution is -2.38. The summed E-state index contributed by atoms with van der Waals surface area (Å²) in [5, 5.41) is 9.85. The molecule has 1 aromatic heterocycles. The summed E-state index contributed by atoms with van der Waals surface area (Å²) in [6, 6.07) is 0. The molecule has 0 saturated carbocycles. The van der Waals surface area contributed by atoms with Gasteiger partial charge >= 0.3 is 0 Å². The van der Waals surface area contributed by atoms with Crippen molar-refractivity contribution in [1.29, 1.82) is 0 Å². The molecule has 1 amide bonds. The van der Waals surface area contributed by atoms with Crippen molar-refractivity contribution in [2.24, 2.45) is 0 Å². The summed E-state index contributed by atoms with van der Waals surface area (Å²) in [6.45, 7) is 9.17. The van der Waals surface area contributed by atoms with Gasteiger partial charge in [0.2, 0.25) is 11.8 Å². The van der Waals surface area contributed by atoms with Gasteiger partial charge in [0.05, 0.1) is 0 Å². The molecule has 6 heteroatoms. The van der Waals surface area contributed by atoms with Crippen molar-refractivity contribution in [3.05, 3.63) is 11.7 Å². The van der Waals surface area contributed by atoms with Crippen molar-refractivity contribution in [1.82, 2.24) is 20.8 Å². The normalized spacial score (nSPS) is 11.6. The standard InChI is InChI=1S/C12H22N4O2/c1-9-15-10(16-18-9)5-7-13-11(17)6-8-14-12(2,3)4/h14H,5-8H2,1-4H3,(H,13,17). The number of hydrogen-bond donors (Lipinski definition) is 2. The van der Waals surface area contributed by atoms with E-state index in [1.807, 2.05) is 0 Å². The Morgan fingerprint density at radius 2 is 2.06 bits per heavy atom. The first-order valence-electron chi connectivity index (χ1n) is 6.18. The first-order valence-corrected chi connectivity index (χ1v) is 6.18. The predicted octanol–water partition coefficient (Wildman–Crippen LogP) is 0.815. The molecule has 0 aromatic carbocycles. The molecule has 0 atom stereocenters. The molecule has 6 nitrogen and oxygen atoms in total. The van der Waals surface area contributed by atoms with Crippen molar-refractivity contribution in [2.45, 2.75) is 46.1 Å². The fourth-order valence-electron chi connectivity index (χ4n) is 1.40. The maximum absolute atomic E-state index is 11.5. The zero-order chi connectivity index (χ0) is 13.6. The van der Waals surface area contributed by atoms with Crippen LogP contribution in [0.15, 0.2) is 4.52 Å². The maximum atomic E-state index is 11.5. The minimum atomic E-state index is 0.0342. The van der Waals surface area contributed by atoms with Crippen molar-refractivity contribution in [3.8, 4) is 0 Å². The number of nitrogens with one attached hydrogen (secondary N) is 2. The summed E-state index contributed by atoms with van der Waals surface area (Å²) < 4.78 is 4.84. The summed E-state index contributed by atoms with van der Waals surface area (Å²) in [7, 11) is 0. The highest BCUT2D eigenvalue weighted by Crippen LogP contribution is 1.98. The molecule has 0 unspecified atom stereocenters. The molecular weight excluding hydrogens is 232 g/mol. The highest BCUT2D eigenvalue weighted by molar-refractivity contribution is 5.76. The van der Waals surface area contributed by atoms with E-state index in [1.54, 1.807) is 6.92 Å². The summed E-state index contributed by atoms with van der Waals surface area (Å²) in [4.78, 5) is 15.6. The lowest BCUT2D eigenvalue weighted by atomic mass is 10.1. The SMILES string of the molecule is Cc1nc(CCNC(=O)CCNC(C)(C)C)no1. The average Bonchev–Trinajstić information content (AvgIpc) is 2.62. The van der Waals surface area contributed by atoms with Gasteiger partial charge in [-0.1, -0.05) is 5.16 Å². The van der Waals surface area contributed by atoms with Crippen molar-refractivity contribution < 1.29 is 9.32 Å². The van der Waals surface area contributed by atoms with E-state index in [-0.39, 0.29) is 11.4 Å². The second kappa shape index (κ2) is 6.49. The van der Waals surface area contributed by atoms with Gasteiger partial charge < -0.3 is 15.2 Å². The third-order valence-corrected chi connectivity index (χ3v) is 2.25. The lowest BCUT2D eigenvalue weighted by molar-refractivity contribution is -0.121. The fourth-order valence-corrected chi connectivity index (χ4v) is 1.40. The van der Waals surface area contributed by atoms with Crippen LogP contribution in [0.25, 0.3) is 0 Å². The third kappa shape index (κ3) is 6.34. The quantitative estimate of drug-likeness (QED) is 0.785. The molecule has 0 aliphatic rings. The molecule has 18 heavy (non-hydrogen) atoms. The van der Waals surface area contributed by atoms with E-state index in [9.17, 15) is 4.79 Å². The van der Waals surface area contributed by atoms with Gasteiger partial charge in [0.25, 0.3) is 0 Å². The van der Waals surface area contributed by atoms with Crippen molar-refractivity contribution >= 4 is 5.91 Å². The largest absolute Gasteiger partial charge is 0.356 e. The monoisotopic (exact) mass is 254 g/mol. The maximum Gasteiger partial charge on any atom is 0.223 e. The zero-order valence-corrected chi connectivity index (χ0v) is 11.5. The second-order valence-electron chi connectivity index (χ2n) is 5.26. The van der Waals surface area contributed by atoms with Gasteiger partial charge in [0.1, 0.15) is 0 Å². The Labute approximate surface area is 108 Å². The molecule has 1 heterocycles. The van der Waals surface area contributed by atoms with Crippen LogP contribution in [0.4, 0.5) is 0 Å². The summed E-state index contributed by atoms with van der Waals surface area (Å²) in [5.41, 5.74) is 0.0441. The lowest BCUT2D eigenvalue weighted by Gasteiger charge is -2.20. The molecule has 102 valence electrons. The molecule has 1 aromatic rings. The van der Waals surface area contributed by atoms with Gasteiger partial charge in [0, 0.05) is 38.4 Å². The second-order valence-corrected chi connectivity index (χ2v) is 5.26. The number of rotatable bonds is 6. The highest BCUT2D eigenvalue weighted by Gasteiger charge is 2.09. The average molecular weight is 254 g/mol. The Morgan fingerprint density at radius 3 is 2.61 bits per heavy atom.